The number of nitrogens with zero attached hydrogens (tertiary/aromatic N) is 2. The van der Waals surface area contributed by atoms with Gasteiger partial charge < -0.3 is 5.32 Å². The van der Waals surface area contributed by atoms with Crippen LogP contribution in [0.15, 0.2) is 0 Å². The highest BCUT2D eigenvalue weighted by Gasteiger charge is 2.30. The first-order valence-corrected chi connectivity index (χ1v) is 9.96. The van der Waals surface area contributed by atoms with Crippen LogP contribution in [0.25, 0.3) is 0 Å². The Balaban J connectivity index is 1.51. The first-order valence-electron chi connectivity index (χ1n) is 9.14. The first kappa shape index (κ1) is 16.9. The van der Waals surface area contributed by atoms with Gasteiger partial charge in [-0.1, -0.05) is 19.8 Å². The quantitative estimate of drug-likeness (QED) is 0.898. The van der Waals surface area contributed by atoms with Gasteiger partial charge in [-0.3, -0.25) is 9.69 Å². The Morgan fingerprint density at radius 2 is 2.09 bits per heavy atom. The number of carbonyl (C=O) groups is 1. The van der Waals surface area contributed by atoms with E-state index in [1.54, 1.807) is 11.3 Å². The van der Waals surface area contributed by atoms with Gasteiger partial charge in [0.1, 0.15) is 0 Å². The van der Waals surface area contributed by atoms with Gasteiger partial charge in [0.2, 0.25) is 5.91 Å². The summed E-state index contributed by atoms with van der Waals surface area (Å²) in [6.07, 6.45) is 8.55. The smallest absolute Gasteiger partial charge is 0.224 e. The van der Waals surface area contributed by atoms with Crippen LogP contribution >= 0.6 is 11.3 Å². The monoisotopic (exact) mass is 335 g/mol. The van der Waals surface area contributed by atoms with Crippen molar-refractivity contribution in [1.29, 1.82) is 0 Å². The first-order chi connectivity index (χ1) is 11.2. The van der Waals surface area contributed by atoms with Crippen molar-refractivity contribution in [1.82, 2.24) is 15.2 Å². The van der Waals surface area contributed by atoms with Gasteiger partial charge in [0.25, 0.3) is 0 Å². The van der Waals surface area contributed by atoms with Crippen LogP contribution < -0.4 is 5.32 Å². The van der Waals surface area contributed by atoms with Crippen molar-refractivity contribution in [2.24, 2.45) is 5.92 Å². The Labute approximate surface area is 143 Å². The van der Waals surface area contributed by atoms with Crippen LogP contribution in [-0.4, -0.2) is 34.9 Å². The molecule has 1 N–H and O–H groups in total. The fourth-order valence-electron chi connectivity index (χ4n) is 3.94. The Bertz CT molecular complexity index is 536. The molecule has 1 aromatic heterocycles. The topological polar surface area (TPSA) is 45.2 Å². The molecule has 3 rings (SSSR count). The highest BCUT2D eigenvalue weighted by molar-refractivity contribution is 7.11. The number of aryl methyl sites for hydroxylation is 2. The van der Waals surface area contributed by atoms with Gasteiger partial charge in [-0.25, -0.2) is 4.98 Å². The summed E-state index contributed by atoms with van der Waals surface area (Å²) in [6, 6.07) is 0.737. The number of amides is 1. The third-order valence-electron chi connectivity index (χ3n) is 5.33. The Hall–Kier alpha value is -0.940. The van der Waals surface area contributed by atoms with Crippen LogP contribution in [0.1, 0.15) is 61.0 Å². The predicted octanol–water partition coefficient (Wildman–Crippen LogP) is 3.28. The molecule has 1 amide bonds. The third kappa shape index (κ3) is 4.13. The van der Waals surface area contributed by atoms with Gasteiger partial charge in [0.05, 0.1) is 23.2 Å². The number of hydrogen-bond donors (Lipinski definition) is 1. The fraction of sp³-hybridized carbons (Fsp3) is 0.778. The molecular formula is C18H29N3OS. The number of likely N-dealkylation sites (tertiary alicyclic amines) is 1. The SMILES string of the molecule is CCc1nc(C)c(CNC(=O)[C@@H]2CCCN(C3CCCC3)C2)s1. The minimum absolute atomic E-state index is 0.170. The predicted molar refractivity (Wildman–Crippen MR) is 94.6 cm³/mol. The van der Waals surface area contributed by atoms with E-state index in [4.69, 9.17) is 0 Å². The number of piperidine rings is 1. The molecule has 2 aliphatic rings. The van der Waals surface area contributed by atoms with Gasteiger partial charge in [-0.2, -0.15) is 0 Å². The summed E-state index contributed by atoms with van der Waals surface area (Å²) in [7, 11) is 0. The van der Waals surface area contributed by atoms with E-state index < -0.39 is 0 Å². The lowest BCUT2D eigenvalue weighted by atomic mass is 9.95. The van der Waals surface area contributed by atoms with Crippen LogP contribution in [0.3, 0.4) is 0 Å². The molecule has 0 spiro atoms. The average molecular weight is 336 g/mol. The molecule has 0 aromatic carbocycles. The zero-order valence-electron chi connectivity index (χ0n) is 14.4. The highest BCUT2D eigenvalue weighted by atomic mass is 32.1. The average Bonchev–Trinajstić information content (AvgIpc) is 3.22. The van der Waals surface area contributed by atoms with Crippen LogP contribution in [0.4, 0.5) is 0 Å². The molecule has 1 saturated carbocycles. The fourth-order valence-corrected chi connectivity index (χ4v) is 4.89. The lowest BCUT2D eigenvalue weighted by Crippen LogP contribution is -2.46. The van der Waals surface area contributed by atoms with Crippen LogP contribution in [-0.2, 0) is 17.8 Å². The molecule has 0 unspecified atom stereocenters. The molecule has 1 aliphatic heterocycles. The molecule has 5 heteroatoms. The maximum Gasteiger partial charge on any atom is 0.224 e. The maximum atomic E-state index is 12.6. The second-order valence-electron chi connectivity index (χ2n) is 6.96. The van der Waals surface area contributed by atoms with Crippen LogP contribution in [0.2, 0.25) is 0 Å². The van der Waals surface area contributed by atoms with Crippen molar-refractivity contribution in [3.63, 3.8) is 0 Å². The van der Waals surface area contributed by atoms with Crippen molar-refractivity contribution in [3.05, 3.63) is 15.6 Å². The molecule has 1 aromatic rings. The lowest BCUT2D eigenvalue weighted by molar-refractivity contribution is -0.127. The lowest BCUT2D eigenvalue weighted by Gasteiger charge is -2.36. The minimum Gasteiger partial charge on any atom is -0.351 e. The van der Waals surface area contributed by atoms with Gasteiger partial charge in [-0.05, 0) is 45.6 Å². The van der Waals surface area contributed by atoms with Crippen LogP contribution in [0.5, 0.6) is 0 Å². The van der Waals surface area contributed by atoms with E-state index >= 15 is 0 Å². The standard InChI is InChI=1S/C18H29N3OS/c1-3-17-20-13(2)16(23-17)11-19-18(22)14-7-6-10-21(12-14)15-8-4-5-9-15/h14-15H,3-12H2,1-2H3,(H,19,22)/t14-/m1/s1. The number of rotatable bonds is 5. The molecule has 128 valence electrons. The van der Waals surface area contributed by atoms with E-state index in [-0.39, 0.29) is 11.8 Å². The summed E-state index contributed by atoms with van der Waals surface area (Å²) in [5.74, 6) is 0.404. The Kier molecular flexibility index (Phi) is 5.70. The van der Waals surface area contributed by atoms with Crippen LogP contribution in [0, 0.1) is 12.8 Å². The highest BCUT2D eigenvalue weighted by Crippen LogP contribution is 2.28. The second-order valence-corrected chi connectivity index (χ2v) is 8.13. The van der Waals surface area contributed by atoms with Crippen molar-refractivity contribution in [2.75, 3.05) is 13.1 Å². The summed E-state index contributed by atoms with van der Waals surface area (Å²) in [5.41, 5.74) is 1.07. The van der Waals surface area contributed by atoms with Crippen molar-refractivity contribution in [2.45, 2.75) is 71.4 Å². The second kappa shape index (κ2) is 7.75. The molecule has 1 saturated heterocycles. The molecule has 2 heterocycles. The van der Waals surface area contributed by atoms with Gasteiger partial charge in [0, 0.05) is 17.5 Å². The van der Waals surface area contributed by atoms with E-state index in [1.165, 1.54) is 37.1 Å². The minimum atomic E-state index is 0.170. The van der Waals surface area contributed by atoms with E-state index in [9.17, 15) is 4.79 Å². The normalized spacial score (nSPS) is 23.3. The van der Waals surface area contributed by atoms with E-state index in [1.807, 2.05) is 6.92 Å². The molecule has 0 radical (unpaired) electrons. The summed E-state index contributed by atoms with van der Waals surface area (Å²) >= 11 is 1.73. The number of nitrogens with one attached hydrogen (secondary N) is 1. The zero-order valence-corrected chi connectivity index (χ0v) is 15.3. The largest absolute Gasteiger partial charge is 0.351 e. The number of thiazole rings is 1. The summed E-state index contributed by atoms with van der Waals surface area (Å²) < 4.78 is 0. The molecule has 0 bridgehead atoms. The van der Waals surface area contributed by atoms with Gasteiger partial charge in [-0.15, -0.1) is 11.3 Å². The summed E-state index contributed by atoms with van der Waals surface area (Å²) in [6.45, 7) is 6.95. The third-order valence-corrected chi connectivity index (χ3v) is 6.63. The molecular weight excluding hydrogens is 306 g/mol. The Morgan fingerprint density at radius 3 is 2.78 bits per heavy atom. The molecule has 2 fully saturated rings. The summed E-state index contributed by atoms with van der Waals surface area (Å²) in [5, 5.41) is 4.33. The molecule has 1 atom stereocenters. The summed E-state index contributed by atoms with van der Waals surface area (Å²) in [4.78, 5) is 20.9. The van der Waals surface area contributed by atoms with Crippen molar-refractivity contribution < 1.29 is 4.79 Å². The number of hydrogen-bond acceptors (Lipinski definition) is 4. The number of carbonyl (C=O) groups excluding carboxylic acids is 1. The van der Waals surface area contributed by atoms with E-state index in [2.05, 4.69) is 22.1 Å². The van der Waals surface area contributed by atoms with E-state index in [0.29, 0.717) is 6.54 Å². The molecule has 4 nitrogen and oxygen atoms in total. The van der Waals surface area contributed by atoms with Crippen molar-refractivity contribution in [3.8, 4) is 0 Å². The maximum absolute atomic E-state index is 12.6. The van der Waals surface area contributed by atoms with Crippen molar-refractivity contribution >= 4 is 17.2 Å². The van der Waals surface area contributed by atoms with Gasteiger partial charge >= 0.3 is 0 Å². The number of aromatic nitrogens is 1. The zero-order chi connectivity index (χ0) is 16.2. The molecule has 1 aliphatic carbocycles. The van der Waals surface area contributed by atoms with Gasteiger partial charge in [0.15, 0.2) is 0 Å². The molecule has 23 heavy (non-hydrogen) atoms. The Morgan fingerprint density at radius 1 is 1.30 bits per heavy atom. The van der Waals surface area contributed by atoms with E-state index in [0.717, 1.165) is 42.6 Å².